The Bertz CT molecular complexity index is 196. The van der Waals surface area contributed by atoms with Gasteiger partial charge < -0.3 is 4.74 Å². The zero-order valence-electron chi connectivity index (χ0n) is 9.70. The second kappa shape index (κ2) is 6.66. The molecule has 0 aliphatic heterocycles. The van der Waals surface area contributed by atoms with Gasteiger partial charge in [-0.3, -0.25) is 0 Å². The molecular formula is C12H22OS2. The van der Waals surface area contributed by atoms with Gasteiger partial charge in [0.05, 0.1) is 22.7 Å². The van der Waals surface area contributed by atoms with Crippen molar-refractivity contribution in [2.24, 2.45) is 0 Å². The van der Waals surface area contributed by atoms with Crippen molar-refractivity contribution < 1.29 is 4.74 Å². The molecule has 0 rings (SSSR count). The lowest BCUT2D eigenvalue weighted by Crippen LogP contribution is -2.30. The predicted octanol–water partition coefficient (Wildman–Crippen LogP) is 3.53. The van der Waals surface area contributed by atoms with Gasteiger partial charge in [0.2, 0.25) is 0 Å². The number of thiol groups is 2. The highest BCUT2D eigenvalue weighted by molar-refractivity contribution is 7.82. The van der Waals surface area contributed by atoms with Crippen molar-refractivity contribution in [1.82, 2.24) is 0 Å². The zero-order valence-corrected chi connectivity index (χ0v) is 11.5. The van der Waals surface area contributed by atoms with Gasteiger partial charge in [-0.25, -0.2) is 0 Å². The maximum Gasteiger partial charge on any atom is 0.0646 e. The van der Waals surface area contributed by atoms with E-state index < -0.39 is 0 Å². The summed E-state index contributed by atoms with van der Waals surface area (Å²) in [6, 6.07) is 0. The minimum absolute atomic E-state index is 0.233. The zero-order chi connectivity index (χ0) is 11.9. The number of hydrogen-bond donors (Lipinski definition) is 2. The molecule has 0 aromatic heterocycles. The summed E-state index contributed by atoms with van der Waals surface area (Å²) in [6.45, 7) is 12.8. The highest BCUT2D eigenvalue weighted by Crippen LogP contribution is 2.24. The number of hydrogen-bond acceptors (Lipinski definition) is 3. The van der Waals surface area contributed by atoms with Crippen LogP contribution in [0.5, 0.6) is 0 Å². The van der Waals surface area contributed by atoms with Crippen molar-refractivity contribution in [3.8, 4) is 0 Å². The minimum Gasteiger partial charge on any atom is -0.378 e. The fourth-order valence-corrected chi connectivity index (χ4v) is 1.20. The van der Waals surface area contributed by atoms with E-state index in [9.17, 15) is 0 Å². The fraction of sp³-hybridized carbons (Fsp3) is 0.667. The average Bonchev–Trinajstić information content (AvgIpc) is 2.28. The van der Waals surface area contributed by atoms with Crippen LogP contribution in [-0.4, -0.2) is 22.7 Å². The summed E-state index contributed by atoms with van der Waals surface area (Å²) in [5.41, 5.74) is 0. The summed E-state index contributed by atoms with van der Waals surface area (Å²) in [6.07, 6.45) is 5.46. The van der Waals surface area contributed by atoms with Crippen LogP contribution in [0.15, 0.2) is 25.3 Å². The van der Waals surface area contributed by atoms with E-state index in [2.05, 4.69) is 52.3 Å². The van der Waals surface area contributed by atoms with Gasteiger partial charge in [0.15, 0.2) is 0 Å². The van der Waals surface area contributed by atoms with Gasteiger partial charge in [-0.1, -0.05) is 26.0 Å². The van der Waals surface area contributed by atoms with Crippen molar-refractivity contribution in [1.29, 1.82) is 0 Å². The van der Waals surface area contributed by atoms with E-state index in [0.29, 0.717) is 13.2 Å². The van der Waals surface area contributed by atoms with Crippen LogP contribution < -0.4 is 0 Å². The molecule has 0 saturated carbocycles. The monoisotopic (exact) mass is 246 g/mol. The Balaban J connectivity index is 4.07. The Kier molecular flexibility index (Phi) is 6.73. The lowest BCUT2D eigenvalue weighted by molar-refractivity contribution is 0.109. The van der Waals surface area contributed by atoms with Crippen LogP contribution in [0.3, 0.4) is 0 Å². The number of rotatable bonds is 8. The van der Waals surface area contributed by atoms with Gasteiger partial charge in [-0.05, 0) is 12.8 Å². The largest absolute Gasteiger partial charge is 0.378 e. The molecule has 2 unspecified atom stereocenters. The molecule has 3 heteroatoms. The van der Waals surface area contributed by atoms with Gasteiger partial charge in [0, 0.05) is 0 Å². The van der Waals surface area contributed by atoms with E-state index in [1.54, 1.807) is 0 Å². The molecule has 0 saturated heterocycles. The molecule has 0 bridgehead atoms. The highest BCUT2D eigenvalue weighted by atomic mass is 32.1. The van der Waals surface area contributed by atoms with Gasteiger partial charge in [-0.2, -0.15) is 25.3 Å². The quantitative estimate of drug-likeness (QED) is 0.492. The Morgan fingerprint density at radius 1 is 1.00 bits per heavy atom. The predicted molar refractivity (Wildman–Crippen MR) is 75.2 cm³/mol. The first-order valence-corrected chi connectivity index (χ1v) is 6.14. The first-order chi connectivity index (χ1) is 6.95. The van der Waals surface area contributed by atoms with Crippen molar-refractivity contribution >= 4 is 25.3 Å². The lowest BCUT2D eigenvalue weighted by Gasteiger charge is -2.27. The topological polar surface area (TPSA) is 9.23 Å². The third-order valence-corrected chi connectivity index (χ3v) is 3.94. The summed E-state index contributed by atoms with van der Waals surface area (Å²) in [4.78, 5) is 0. The van der Waals surface area contributed by atoms with Crippen molar-refractivity contribution in [3.63, 3.8) is 0 Å². The maximum absolute atomic E-state index is 5.63. The summed E-state index contributed by atoms with van der Waals surface area (Å²) < 4.78 is 5.17. The van der Waals surface area contributed by atoms with Crippen molar-refractivity contribution in [2.75, 3.05) is 13.2 Å². The molecule has 0 N–H and O–H groups in total. The SMILES string of the molecule is C=CC(S)(CC)COCC(S)(C=C)CC. The van der Waals surface area contributed by atoms with Crippen LogP contribution in [0.1, 0.15) is 26.7 Å². The van der Waals surface area contributed by atoms with Crippen molar-refractivity contribution in [2.45, 2.75) is 36.2 Å². The average molecular weight is 246 g/mol. The minimum atomic E-state index is -0.233. The molecule has 0 aromatic carbocycles. The molecule has 1 nitrogen and oxygen atoms in total. The lowest BCUT2D eigenvalue weighted by atomic mass is 10.1. The second-order valence-electron chi connectivity index (χ2n) is 3.82. The Morgan fingerprint density at radius 3 is 1.53 bits per heavy atom. The van der Waals surface area contributed by atoms with Gasteiger partial charge in [-0.15, -0.1) is 13.2 Å². The van der Waals surface area contributed by atoms with E-state index in [4.69, 9.17) is 4.74 Å². The maximum atomic E-state index is 5.63. The second-order valence-corrected chi connectivity index (χ2v) is 5.60. The van der Waals surface area contributed by atoms with E-state index >= 15 is 0 Å². The number of ether oxygens (including phenoxy) is 1. The molecule has 15 heavy (non-hydrogen) atoms. The molecule has 0 spiro atoms. The summed E-state index contributed by atoms with van der Waals surface area (Å²) in [5.74, 6) is 0. The molecule has 0 amide bonds. The molecule has 0 aromatic rings. The van der Waals surface area contributed by atoms with Crippen LogP contribution in [0.4, 0.5) is 0 Å². The molecule has 0 aliphatic rings. The summed E-state index contributed by atoms with van der Waals surface area (Å²) in [5, 5.41) is 0. The molecule has 88 valence electrons. The van der Waals surface area contributed by atoms with Gasteiger partial charge in [0.25, 0.3) is 0 Å². The Morgan fingerprint density at radius 2 is 1.33 bits per heavy atom. The van der Waals surface area contributed by atoms with E-state index in [-0.39, 0.29) is 9.49 Å². The molecule has 0 radical (unpaired) electrons. The fourth-order valence-electron chi connectivity index (χ4n) is 1.02. The smallest absolute Gasteiger partial charge is 0.0646 e. The highest BCUT2D eigenvalue weighted by Gasteiger charge is 2.23. The Labute approximate surface area is 105 Å². The Hall–Kier alpha value is 0.140. The molecule has 0 fully saturated rings. The molecule has 0 aliphatic carbocycles. The van der Waals surface area contributed by atoms with Crippen LogP contribution in [0.2, 0.25) is 0 Å². The first kappa shape index (κ1) is 15.1. The standard InChI is InChI=1S/C12H22OS2/c1-5-11(14,6-2)9-13-10-12(15,7-3)8-4/h5,7,14-15H,1,3,6,8-10H2,2,4H3. The van der Waals surface area contributed by atoms with E-state index in [1.807, 2.05) is 12.2 Å². The molecule has 0 heterocycles. The normalized spacial score (nSPS) is 18.9. The van der Waals surface area contributed by atoms with Crippen LogP contribution in [-0.2, 0) is 4.74 Å². The van der Waals surface area contributed by atoms with E-state index in [1.165, 1.54) is 0 Å². The third kappa shape index (κ3) is 5.14. The third-order valence-electron chi connectivity index (χ3n) is 2.69. The van der Waals surface area contributed by atoms with Crippen molar-refractivity contribution in [3.05, 3.63) is 25.3 Å². The van der Waals surface area contributed by atoms with Crippen LogP contribution >= 0.6 is 25.3 Å². The molecule has 2 atom stereocenters. The van der Waals surface area contributed by atoms with E-state index in [0.717, 1.165) is 12.8 Å². The molecular weight excluding hydrogens is 224 g/mol. The van der Waals surface area contributed by atoms with Gasteiger partial charge in [0.1, 0.15) is 0 Å². The van der Waals surface area contributed by atoms with Crippen LogP contribution in [0.25, 0.3) is 0 Å². The summed E-state index contributed by atoms with van der Waals surface area (Å²) >= 11 is 9.03. The first-order valence-electron chi connectivity index (χ1n) is 5.25. The van der Waals surface area contributed by atoms with Crippen LogP contribution in [0, 0.1) is 0 Å². The summed E-state index contributed by atoms with van der Waals surface area (Å²) in [7, 11) is 0. The van der Waals surface area contributed by atoms with Gasteiger partial charge >= 0.3 is 0 Å².